The van der Waals surface area contributed by atoms with Crippen LogP contribution in [0.5, 0.6) is 0 Å². The molecule has 0 radical (unpaired) electrons. The van der Waals surface area contributed by atoms with E-state index in [9.17, 15) is 9.59 Å². The van der Waals surface area contributed by atoms with Crippen LogP contribution in [0.3, 0.4) is 0 Å². The highest BCUT2D eigenvalue weighted by molar-refractivity contribution is 5.96. The summed E-state index contributed by atoms with van der Waals surface area (Å²) in [5.41, 5.74) is 3.82. The number of benzene rings is 2. The van der Waals surface area contributed by atoms with Crippen LogP contribution in [0.1, 0.15) is 66.9 Å². The lowest BCUT2D eigenvalue weighted by atomic mass is 9.42. The van der Waals surface area contributed by atoms with Gasteiger partial charge in [0.1, 0.15) is 0 Å². The van der Waals surface area contributed by atoms with Gasteiger partial charge in [0, 0.05) is 5.69 Å². The van der Waals surface area contributed by atoms with Gasteiger partial charge in [-0.3, -0.25) is 4.79 Å². The van der Waals surface area contributed by atoms with Gasteiger partial charge in [0.25, 0.3) is 0 Å². The zero-order chi connectivity index (χ0) is 21.6. The van der Waals surface area contributed by atoms with Gasteiger partial charge in [-0.25, -0.2) is 4.79 Å². The molecule has 4 aliphatic carbocycles. The first-order valence-corrected chi connectivity index (χ1v) is 11.6. The van der Waals surface area contributed by atoms with E-state index in [0.717, 1.165) is 24.9 Å². The van der Waals surface area contributed by atoms with Crippen LogP contribution in [0.2, 0.25) is 0 Å². The van der Waals surface area contributed by atoms with Crippen molar-refractivity contribution in [1.82, 2.24) is 0 Å². The zero-order valence-electron chi connectivity index (χ0n) is 18.4. The molecule has 4 aliphatic rings. The highest BCUT2D eigenvalue weighted by atomic mass is 16.5. The number of rotatable bonds is 5. The normalized spacial score (nSPS) is 30.8. The summed E-state index contributed by atoms with van der Waals surface area (Å²) >= 11 is 0. The van der Waals surface area contributed by atoms with Gasteiger partial charge >= 0.3 is 5.97 Å². The van der Waals surface area contributed by atoms with E-state index in [4.69, 9.17) is 4.74 Å². The lowest BCUT2D eigenvalue weighted by Crippen LogP contribution is -2.57. The van der Waals surface area contributed by atoms with Gasteiger partial charge in [0.15, 0.2) is 0 Å². The Balaban J connectivity index is 1.38. The number of nitrogens with one attached hydrogen (secondary N) is 1. The first kappa shape index (κ1) is 20.3. The average molecular weight is 418 g/mol. The highest BCUT2D eigenvalue weighted by Gasteiger charge is 2.60. The van der Waals surface area contributed by atoms with Crippen molar-refractivity contribution in [2.75, 3.05) is 11.9 Å². The van der Waals surface area contributed by atoms with Crippen LogP contribution in [0, 0.1) is 24.2 Å². The summed E-state index contributed by atoms with van der Waals surface area (Å²) in [7, 11) is 0. The molecule has 0 heterocycles. The van der Waals surface area contributed by atoms with E-state index in [-0.39, 0.29) is 22.7 Å². The quantitative estimate of drug-likeness (QED) is 0.640. The van der Waals surface area contributed by atoms with Crippen LogP contribution in [0.25, 0.3) is 0 Å². The number of anilines is 1. The van der Waals surface area contributed by atoms with Gasteiger partial charge in [-0.05, 0) is 99.5 Å². The second-order valence-corrected chi connectivity index (χ2v) is 10.1. The number of esters is 1. The standard InChI is InChI=1S/C27H31NO3/c1-3-31-24(29)21-6-10-23(11-7-21)28-25(30)27-15-19-12-20(16-27)14-26(13-19,17-27)22-8-4-18(2)5-9-22/h4-11,19-20H,3,12-17H2,1-2H3,(H,28,30)/t19-,20+,26?,27?. The number of aryl methyl sites for hydroxylation is 1. The summed E-state index contributed by atoms with van der Waals surface area (Å²) in [4.78, 5) is 25.5. The van der Waals surface area contributed by atoms with Crippen molar-refractivity contribution >= 4 is 17.6 Å². The molecular formula is C27H31NO3. The molecule has 6 rings (SSSR count). The van der Waals surface area contributed by atoms with Crippen molar-refractivity contribution in [2.24, 2.45) is 17.3 Å². The molecule has 0 aliphatic heterocycles. The Morgan fingerprint density at radius 1 is 0.968 bits per heavy atom. The van der Waals surface area contributed by atoms with Gasteiger partial charge < -0.3 is 10.1 Å². The van der Waals surface area contributed by atoms with Crippen LogP contribution < -0.4 is 5.32 Å². The van der Waals surface area contributed by atoms with E-state index in [1.165, 1.54) is 30.4 Å². The number of ether oxygens (including phenoxy) is 1. The van der Waals surface area contributed by atoms with Gasteiger partial charge in [0.05, 0.1) is 17.6 Å². The van der Waals surface area contributed by atoms with Crippen molar-refractivity contribution in [3.8, 4) is 0 Å². The number of hydrogen-bond donors (Lipinski definition) is 1. The fourth-order valence-electron chi connectivity index (χ4n) is 6.94. The fraction of sp³-hybridized carbons (Fsp3) is 0.481. The molecular weight excluding hydrogens is 386 g/mol. The van der Waals surface area contributed by atoms with Gasteiger partial charge in [0.2, 0.25) is 5.91 Å². The molecule has 4 atom stereocenters. The van der Waals surface area contributed by atoms with Crippen molar-refractivity contribution in [3.63, 3.8) is 0 Å². The summed E-state index contributed by atoms with van der Waals surface area (Å²) in [6, 6.07) is 16.1. The van der Waals surface area contributed by atoms with Gasteiger partial charge in [-0.15, -0.1) is 0 Å². The first-order chi connectivity index (χ1) is 14.9. The van der Waals surface area contributed by atoms with E-state index < -0.39 is 0 Å². The minimum Gasteiger partial charge on any atom is -0.462 e. The molecule has 0 spiro atoms. The Morgan fingerprint density at radius 2 is 1.61 bits per heavy atom. The summed E-state index contributed by atoms with van der Waals surface area (Å²) in [6.07, 6.45) is 6.67. The maximum atomic E-state index is 13.6. The summed E-state index contributed by atoms with van der Waals surface area (Å²) in [6.45, 7) is 4.28. The van der Waals surface area contributed by atoms with E-state index in [2.05, 4.69) is 36.5 Å². The molecule has 31 heavy (non-hydrogen) atoms. The van der Waals surface area contributed by atoms with Gasteiger partial charge in [-0.1, -0.05) is 29.8 Å². The highest BCUT2D eigenvalue weighted by Crippen LogP contribution is 2.66. The SMILES string of the molecule is CCOC(=O)c1ccc(NC(=O)C23C[C@H]4C[C@@H](C2)CC(c2ccc(C)cc2)(C4)C3)cc1. The number of amides is 1. The lowest BCUT2D eigenvalue weighted by Gasteiger charge is -2.61. The van der Waals surface area contributed by atoms with Crippen LogP contribution in [0.15, 0.2) is 48.5 Å². The van der Waals surface area contributed by atoms with Crippen molar-refractivity contribution in [1.29, 1.82) is 0 Å². The first-order valence-electron chi connectivity index (χ1n) is 11.6. The van der Waals surface area contributed by atoms with Crippen LogP contribution >= 0.6 is 0 Å². The minimum absolute atomic E-state index is 0.142. The maximum absolute atomic E-state index is 13.6. The molecule has 1 amide bonds. The van der Waals surface area contributed by atoms with E-state index in [1.54, 1.807) is 31.2 Å². The number of hydrogen-bond acceptors (Lipinski definition) is 3. The minimum atomic E-state index is -0.332. The monoisotopic (exact) mass is 417 g/mol. The van der Waals surface area contributed by atoms with E-state index in [0.29, 0.717) is 24.0 Å². The Kier molecular flexibility index (Phi) is 4.91. The van der Waals surface area contributed by atoms with Crippen LogP contribution in [-0.2, 0) is 14.9 Å². The summed E-state index contributed by atoms with van der Waals surface area (Å²) in [5, 5.41) is 3.18. The molecule has 162 valence electrons. The second-order valence-electron chi connectivity index (χ2n) is 10.1. The molecule has 0 aromatic heterocycles. The second kappa shape index (κ2) is 7.51. The summed E-state index contributed by atoms with van der Waals surface area (Å²) < 4.78 is 5.05. The molecule has 0 saturated heterocycles. The molecule has 4 heteroatoms. The zero-order valence-corrected chi connectivity index (χ0v) is 18.4. The molecule has 2 aromatic rings. The van der Waals surface area contributed by atoms with E-state index in [1.807, 2.05) is 0 Å². The molecule has 4 saturated carbocycles. The average Bonchev–Trinajstić information content (AvgIpc) is 2.74. The largest absolute Gasteiger partial charge is 0.462 e. The van der Waals surface area contributed by atoms with Crippen molar-refractivity contribution < 1.29 is 14.3 Å². The Bertz CT molecular complexity index is 978. The molecule has 2 aromatic carbocycles. The van der Waals surface area contributed by atoms with Crippen molar-refractivity contribution in [2.45, 2.75) is 57.8 Å². The predicted molar refractivity (Wildman–Crippen MR) is 121 cm³/mol. The van der Waals surface area contributed by atoms with Gasteiger partial charge in [-0.2, -0.15) is 0 Å². The van der Waals surface area contributed by atoms with Crippen LogP contribution in [0.4, 0.5) is 5.69 Å². The maximum Gasteiger partial charge on any atom is 0.338 e. The topological polar surface area (TPSA) is 55.4 Å². The molecule has 4 fully saturated rings. The van der Waals surface area contributed by atoms with Crippen molar-refractivity contribution in [3.05, 3.63) is 65.2 Å². The Labute approximate surface area is 184 Å². The lowest BCUT2D eigenvalue weighted by molar-refractivity contribution is -0.143. The predicted octanol–water partition coefficient (Wildman–Crippen LogP) is 5.65. The third-order valence-corrected chi connectivity index (χ3v) is 7.86. The Morgan fingerprint density at radius 3 is 2.23 bits per heavy atom. The third kappa shape index (κ3) is 3.56. The number of carbonyl (C=O) groups excluding carboxylic acids is 2. The Hall–Kier alpha value is -2.62. The third-order valence-electron chi connectivity index (χ3n) is 7.86. The van der Waals surface area contributed by atoms with E-state index >= 15 is 0 Å². The molecule has 4 bridgehead atoms. The summed E-state index contributed by atoms with van der Waals surface area (Å²) in [5.74, 6) is 1.10. The molecule has 2 unspecified atom stereocenters. The smallest absolute Gasteiger partial charge is 0.338 e. The van der Waals surface area contributed by atoms with Crippen LogP contribution in [-0.4, -0.2) is 18.5 Å². The fourth-order valence-corrected chi connectivity index (χ4v) is 6.94. The molecule has 4 nitrogen and oxygen atoms in total. The molecule has 1 N–H and O–H groups in total. The number of carbonyl (C=O) groups is 2.